The lowest BCUT2D eigenvalue weighted by molar-refractivity contribution is -0.0179. The molecular weight excluding hydrogens is 913 g/mol. The number of allylic oxidation sites excluding steroid dienone is 3. The third-order valence-corrected chi connectivity index (χ3v) is 12.9. The number of aliphatic hydroxyl groups is 1. The van der Waals surface area contributed by atoms with Crippen LogP contribution >= 0.6 is 0 Å². The molecule has 0 spiro atoms. The highest BCUT2D eigenvalue weighted by molar-refractivity contribution is 7.86. The maximum atomic E-state index is 12.2. The van der Waals surface area contributed by atoms with Crippen molar-refractivity contribution in [1.82, 2.24) is 4.58 Å². The van der Waals surface area contributed by atoms with Gasteiger partial charge in [-0.1, -0.05) is 12.2 Å². The van der Waals surface area contributed by atoms with E-state index in [9.17, 15) is 38.9 Å². The molecule has 22 heteroatoms. The first kappa shape index (κ1) is 54.0. The van der Waals surface area contributed by atoms with Crippen LogP contribution in [0.3, 0.4) is 0 Å². The van der Waals surface area contributed by atoms with Crippen LogP contribution in [-0.4, -0.2) is 161 Å². The zero-order valence-corrected chi connectivity index (χ0v) is 39.2. The summed E-state index contributed by atoms with van der Waals surface area (Å²) in [5.74, 6) is -0.561. The van der Waals surface area contributed by atoms with Crippen molar-refractivity contribution < 1.29 is 76.9 Å². The number of nitrogens with zero attached hydrogens (tertiary/aromatic N) is 2. The van der Waals surface area contributed by atoms with Crippen molar-refractivity contribution in [3.63, 3.8) is 0 Å². The van der Waals surface area contributed by atoms with Gasteiger partial charge in [0.05, 0.1) is 123 Å². The largest absolute Gasteiger partial charge is 0.748 e. The summed E-state index contributed by atoms with van der Waals surface area (Å²) in [7, 11) is -13.8. The SMILES string of the molecule is CC[N+](CCCS(=O)(=O)[O-])=c1ccc2c(/C=C/C=C3/N(CCOCCOCCOCCOCCOCCOCCO)c4ccc(S(=O)(=O)[O-])cc4C3(C)CCCS(=O)(=O)[O-])ccoc-2c1. The van der Waals surface area contributed by atoms with Gasteiger partial charge < -0.3 is 56.5 Å². The van der Waals surface area contributed by atoms with E-state index >= 15 is 0 Å². The fourth-order valence-corrected chi connectivity index (χ4v) is 8.80. The van der Waals surface area contributed by atoms with E-state index in [1.165, 1.54) is 24.5 Å². The van der Waals surface area contributed by atoms with Gasteiger partial charge >= 0.3 is 0 Å². The van der Waals surface area contributed by atoms with Crippen LogP contribution in [0.1, 0.15) is 44.2 Å². The molecule has 0 fully saturated rings. The minimum atomic E-state index is -4.86. The van der Waals surface area contributed by atoms with Gasteiger partial charge in [-0.05, 0) is 74.2 Å². The van der Waals surface area contributed by atoms with Crippen LogP contribution in [0.25, 0.3) is 17.4 Å². The fraction of sp³-hybridized carbons (Fsp3) is 0.558. The summed E-state index contributed by atoms with van der Waals surface area (Å²) in [5.41, 5.74) is 2.21. The molecule has 3 aliphatic rings. The second-order valence-electron chi connectivity index (χ2n) is 15.0. The first-order chi connectivity index (χ1) is 31.0. The van der Waals surface area contributed by atoms with Crippen LogP contribution < -0.4 is 14.8 Å². The van der Waals surface area contributed by atoms with E-state index in [4.69, 9.17) is 37.9 Å². The maximum Gasteiger partial charge on any atom is 0.203 e. The Morgan fingerprint density at radius 3 is 1.86 bits per heavy atom. The Labute approximate surface area is 381 Å². The Hall–Kier alpha value is -3.62. The molecule has 2 aliphatic heterocycles. The average Bonchev–Trinajstić information content (AvgIpc) is 3.47. The van der Waals surface area contributed by atoms with Gasteiger partial charge in [0.1, 0.15) is 29.0 Å². The number of rotatable bonds is 32. The van der Waals surface area contributed by atoms with Crippen molar-refractivity contribution >= 4 is 42.1 Å². The van der Waals surface area contributed by atoms with E-state index in [0.29, 0.717) is 88.7 Å². The van der Waals surface area contributed by atoms with Gasteiger partial charge in [-0.15, -0.1) is 0 Å². The van der Waals surface area contributed by atoms with E-state index in [1.807, 2.05) is 53.7 Å². The maximum absolute atomic E-state index is 12.2. The predicted molar refractivity (Wildman–Crippen MR) is 237 cm³/mol. The summed E-state index contributed by atoms with van der Waals surface area (Å²) in [5, 5.41) is 9.45. The third-order valence-electron chi connectivity index (χ3n) is 10.4. The number of anilines is 1. The van der Waals surface area contributed by atoms with E-state index in [2.05, 4.69) is 0 Å². The summed E-state index contributed by atoms with van der Waals surface area (Å²) in [6, 6.07) is 11.4. The molecule has 1 aliphatic carbocycles. The van der Waals surface area contributed by atoms with Gasteiger partial charge in [0, 0.05) is 52.9 Å². The van der Waals surface area contributed by atoms with Crippen LogP contribution in [-0.2, 0) is 64.2 Å². The Morgan fingerprint density at radius 2 is 1.31 bits per heavy atom. The minimum absolute atomic E-state index is 0.0262. The molecule has 1 unspecified atom stereocenters. The summed E-state index contributed by atoms with van der Waals surface area (Å²) < 4.78 is 146. The first-order valence-electron chi connectivity index (χ1n) is 21.3. The van der Waals surface area contributed by atoms with Gasteiger partial charge in [-0.25, -0.2) is 29.8 Å². The van der Waals surface area contributed by atoms with Crippen molar-refractivity contribution in [1.29, 1.82) is 0 Å². The zero-order valence-electron chi connectivity index (χ0n) is 36.8. The second kappa shape index (κ2) is 26.6. The lowest BCUT2D eigenvalue weighted by Crippen LogP contribution is -2.31. The topological polar surface area (TPSA) is 267 Å². The third kappa shape index (κ3) is 18.2. The fourth-order valence-electron chi connectivity index (χ4n) is 7.32. The Morgan fingerprint density at radius 1 is 0.738 bits per heavy atom. The molecule has 2 heterocycles. The van der Waals surface area contributed by atoms with Crippen molar-refractivity contribution in [2.24, 2.45) is 0 Å². The van der Waals surface area contributed by atoms with Gasteiger partial charge in [0.2, 0.25) is 5.36 Å². The number of hydrogen-bond donors (Lipinski definition) is 1. The lowest BCUT2D eigenvalue weighted by atomic mass is 9.77. The molecular formula is C43H60N2O17S3-2. The van der Waals surface area contributed by atoms with E-state index in [1.54, 1.807) is 12.1 Å². The highest BCUT2D eigenvalue weighted by atomic mass is 32.2. The van der Waals surface area contributed by atoms with Gasteiger partial charge in [-0.3, -0.25) is 0 Å². The molecule has 0 saturated carbocycles. The average molecular weight is 973 g/mol. The molecule has 0 radical (unpaired) electrons. The van der Waals surface area contributed by atoms with Crippen LogP contribution in [0.5, 0.6) is 0 Å². The molecule has 4 rings (SSSR count). The van der Waals surface area contributed by atoms with Crippen LogP contribution in [0.4, 0.5) is 5.69 Å². The monoisotopic (exact) mass is 972 g/mol. The smallest absolute Gasteiger partial charge is 0.203 e. The van der Waals surface area contributed by atoms with Crippen molar-refractivity contribution in [2.45, 2.75) is 43.4 Å². The molecule has 65 heavy (non-hydrogen) atoms. The zero-order chi connectivity index (χ0) is 47.4. The van der Waals surface area contributed by atoms with Crippen LogP contribution in [0, 0.1) is 0 Å². The van der Waals surface area contributed by atoms with E-state index in [-0.39, 0.29) is 58.8 Å². The van der Waals surface area contributed by atoms with Gasteiger partial charge in [0.25, 0.3) is 0 Å². The molecule has 364 valence electrons. The molecule has 0 saturated heterocycles. The molecule has 0 aromatic heterocycles. The van der Waals surface area contributed by atoms with Crippen molar-refractivity contribution in [3.8, 4) is 11.3 Å². The normalized spacial score (nSPS) is 16.9. The molecule has 0 amide bonds. The molecule has 19 nitrogen and oxygen atoms in total. The summed E-state index contributed by atoms with van der Waals surface area (Å²) in [6.45, 7) is 9.06. The molecule has 1 N–H and O–H groups in total. The first-order valence-corrected chi connectivity index (χ1v) is 25.8. The van der Waals surface area contributed by atoms with E-state index < -0.39 is 52.2 Å². The number of fused-ring (bicyclic) bond motifs is 2. The Kier molecular flexibility index (Phi) is 22.1. The number of benzene rings is 2. The number of hydrogen-bond acceptors (Lipinski definition) is 18. The van der Waals surface area contributed by atoms with Crippen LogP contribution in [0.15, 0.2) is 75.9 Å². The van der Waals surface area contributed by atoms with Crippen molar-refractivity contribution in [2.75, 3.05) is 122 Å². The number of aliphatic hydroxyl groups excluding tert-OH is 1. The van der Waals surface area contributed by atoms with E-state index in [0.717, 1.165) is 16.5 Å². The van der Waals surface area contributed by atoms with Crippen molar-refractivity contribution in [3.05, 3.63) is 83.1 Å². The van der Waals surface area contributed by atoms with Crippen LogP contribution in [0.2, 0.25) is 0 Å². The minimum Gasteiger partial charge on any atom is -0.748 e. The molecule has 1 atom stereocenters. The molecule has 1 aromatic carbocycles. The lowest BCUT2D eigenvalue weighted by Gasteiger charge is -2.30. The predicted octanol–water partition coefficient (Wildman–Crippen LogP) is 2.11. The van der Waals surface area contributed by atoms with Gasteiger partial charge in [-0.2, -0.15) is 0 Å². The second-order valence-corrected chi connectivity index (χ2v) is 19.5. The quantitative estimate of drug-likeness (QED) is 0.0533. The molecule has 1 aromatic rings. The summed E-state index contributed by atoms with van der Waals surface area (Å²) >= 11 is 0. The highest BCUT2D eigenvalue weighted by Crippen LogP contribution is 2.51. The number of ether oxygens (including phenoxy) is 6. The molecule has 0 bridgehead atoms. The Bertz CT molecular complexity index is 2380. The summed E-state index contributed by atoms with van der Waals surface area (Å²) in [4.78, 5) is 1.48. The summed E-state index contributed by atoms with van der Waals surface area (Å²) in [6.07, 6.45) is 7.26. The van der Waals surface area contributed by atoms with Gasteiger partial charge in [0.15, 0.2) is 0 Å². The highest BCUT2D eigenvalue weighted by Gasteiger charge is 2.43. The standard InChI is InChI=1S/C43H62N2O17S3/c1-3-44(15-6-32-64(50,51)52)36-9-11-38-35(13-18-62-41(38)33-36)7-4-8-42-43(2,14-5-31-63(47,48)49)39-34-37(65(53,54)55)10-12-40(39)45(42)16-19-56-21-23-58-25-27-60-29-30-61-28-26-59-24-22-57-20-17-46/h4,7-13,18,33-34,46H,3,5-6,14-17,19-32H2,1-2H3,(H2-,47,48,49,50,51,52,53,54,55)/p-2. The Balaban J connectivity index is 1.45.